The van der Waals surface area contributed by atoms with Crippen molar-refractivity contribution in [2.75, 3.05) is 11.4 Å². The first-order valence-corrected chi connectivity index (χ1v) is 9.14. The molecule has 1 aliphatic rings. The van der Waals surface area contributed by atoms with Gasteiger partial charge in [-0.2, -0.15) is 0 Å². The summed E-state index contributed by atoms with van der Waals surface area (Å²) in [4.78, 5) is 26.6. The minimum atomic E-state index is -0.361. The van der Waals surface area contributed by atoms with Crippen molar-refractivity contribution in [2.24, 2.45) is 0 Å². The molecule has 0 saturated carbocycles. The molecule has 0 radical (unpaired) electrons. The molecule has 0 fully saturated rings. The van der Waals surface area contributed by atoms with Crippen molar-refractivity contribution >= 4 is 17.5 Å². The largest absolute Gasteiger partial charge is 0.348 e. The maximum absolute atomic E-state index is 13.1. The maximum atomic E-state index is 13.1. The van der Waals surface area contributed by atoms with Crippen molar-refractivity contribution in [1.82, 2.24) is 5.32 Å². The van der Waals surface area contributed by atoms with Gasteiger partial charge in [0.05, 0.1) is 0 Å². The molecule has 4 nitrogen and oxygen atoms in total. The molecule has 0 atom stereocenters. The molecule has 4 rings (SSSR count). The zero-order valence-corrected chi connectivity index (χ0v) is 15.2. The van der Waals surface area contributed by atoms with Crippen LogP contribution in [0.5, 0.6) is 0 Å². The zero-order valence-electron chi connectivity index (χ0n) is 15.2. The van der Waals surface area contributed by atoms with E-state index in [1.54, 1.807) is 17.0 Å². The lowest BCUT2D eigenvalue weighted by Crippen LogP contribution is -2.28. The van der Waals surface area contributed by atoms with Crippen LogP contribution in [0.15, 0.2) is 72.8 Å². The highest BCUT2D eigenvalue weighted by atomic mass is 19.1. The van der Waals surface area contributed by atoms with Crippen LogP contribution in [-0.2, 0) is 13.0 Å². The SMILES string of the molecule is O=C(NCc1ccc2c(c1)CCN2C(=O)c1ccc(F)cc1)c1ccccc1. The molecule has 0 aliphatic carbocycles. The van der Waals surface area contributed by atoms with Gasteiger partial charge in [-0.15, -0.1) is 0 Å². The smallest absolute Gasteiger partial charge is 0.258 e. The number of nitrogens with one attached hydrogen (secondary N) is 1. The summed E-state index contributed by atoms with van der Waals surface area (Å²) in [5.41, 5.74) is 4.02. The topological polar surface area (TPSA) is 49.4 Å². The van der Waals surface area contributed by atoms with Gasteiger partial charge in [0.1, 0.15) is 5.82 Å². The molecule has 0 saturated heterocycles. The number of amides is 2. The van der Waals surface area contributed by atoms with Crippen molar-refractivity contribution < 1.29 is 14.0 Å². The molecule has 5 heteroatoms. The third-order valence-electron chi connectivity index (χ3n) is 4.86. The fourth-order valence-electron chi connectivity index (χ4n) is 3.40. The van der Waals surface area contributed by atoms with Crippen LogP contribution < -0.4 is 10.2 Å². The van der Waals surface area contributed by atoms with E-state index >= 15 is 0 Å². The van der Waals surface area contributed by atoms with Crippen LogP contribution in [0, 0.1) is 5.82 Å². The monoisotopic (exact) mass is 374 g/mol. The second kappa shape index (κ2) is 7.64. The van der Waals surface area contributed by atoms with E-state index < -0.39 is 0 Å². The van der Waals surface area contributed by atoms with Gasteiger partial charge in [0.15, 0.2) is 0 Å². The van der Waals surface area contributed by atoms with Crippen LogP contribution in [0.25, 0.3) is 0 Å². The first-order chi connectivity index (χ1) is 13.6. The zero-order chi connectivity index (χ0) is 19.5. The summed E-state index contributed by atoms with van der Waals surface area (Å²) in [6.07, 6.45) is 0.753. The number of fused-ring (bicyclic) bond motifs is 1. The Kier molecular flexibility index (Phi) is 4.89. The van der Waals surface area contributed by atoms with Gasteiger partial charge in [-0.3, -0.25) is 9.59 Å². The van der Waals surface area contributed by atoms with Crippen LogP contribution in [-0.4, -0.2) is 18.4 Å². The lowest BCUT2D eigenvalue weighted by atomic mass is 10.1. The molecule has 140 valence electrons. The minimum absolute atomic E-state index is 0.116. The van der Waals surface area contributed by atoms with E-state index in [0.29, 0.717) is 24.2 Å². The van der Waals surface area contributed by atoms with E-state index in [-0.39, 0.29) is 17.6 Å². The fraction of sp³-hybridized carbons (Fsp3) is 0.130. The fourth-order valence-corrected chi connectivity index (χ4v) is 3.40. The van der Waals surface area contributed by atoms with Crippen LogP contribution in [0.3, 0.4) is 0 Å². The van der Waals surface area contributed by atoms with E-state index in [4.69, 9.17) is 0 Å². The Balaban J connectivity index is 1.45. The number of nitrogens with zero attached hydrogens (tertiary/aromatic N) is 1. The molecule has 3 aromatic rings. The lowest BCUT2D eigenvalue weighted by molar-refractivity contribution is 0.0949. The maximum Gasteiger partial charge on any atom is 0.258 e. The highest BCUT2D eigenvalue weighted by Crippen LogP contribution is 2.30. The Morgan fingerprint density at radius 3 is 2.43 bits per heavy atom. The first-order valence-electron chi connectivity index (χ1n) is 9.14. The molecule has 0 bridgehead atoms. The quantitative estimate of drug-likeness (QED) is 0.752. The summed E-state index contributed by atoms with van der Waals surface area (Å²) in [5.74, 6) is -0.612. The Morgan fingerprint density at radius 2 is 1.68 bits per heavy atom. The molecular weight excluding hydrogens is 355 g/mol. The Bertz CT molecular complexity index is 1020. The summed E-state index contributed by atoms with van der Waals surface area (Å²) in [7, 11) is 0. The van der Waals surface area contributed by atoms with Crippen molar-refractivity contribution in [3.63, 3.8) is 0 Å². The Labute approximate surface area is 162 Å². The van der Waals surface area contributed by atoms with Crippen molar-refractivity contribution in [1.29, 1.82) is 0 Å². The van der Waals surface area contributed by atoms with Crippen LogP contribution in [0.1, 0.15) is 31.8 Å². The van der Waals surface area contributed by atoms with Gasteiger partial charge < -0.3 is 10.2 Å². The summed E-state index contributed by atoms with van der Waals surface area (Å²) in [5, 5.41) is 2.92. The molecule has 3 aromatic carbocycles. The van der Waals surface area contributed by atoms with Gasteiger partial charge in [0, 0.05) is 29.9 Å². The molecule has 0 spiro atoms. The highest BCUT2D eigenvalue weighted by molar-refractivity contribution is 6.07. The summed E-state index contributed by atoms with van der Waals surface area (Å²) in [6, 6.07) is 20.5. The van der Waals surface area contributed by atoms with Crippen molar-refractivity contribution in [2.45, 2.75) is 13.0 Å². The molecule has 0 aromatic heterocycles. The number of carbonyl (C=O) groups is 2. The third-order valence-corrected chi connectivity index (χ3v) is 4.86. The van der Waals surface area contributed by atoms with Gasteiger partial charge in [-0.05, 0) is 60.0 Å². The summed E-state index contributed by atoms with van der Waals surface area (Å²) >= 11 is 0. The highest BCUT2D eigenvalue weighted by Gasteiger charge is 2.25. The van der Waals surface area contributed by atoms with Crippen LogP contribution >= 0.6 is 0 Å². The number of anilines is 1. The third kappa shape index (κ3) is 3.64. The normalized spacial score (nSPS) is 12.5. The number of carbonyl (C=O) groups excluding carboxylic acids is 2. The number of rotatable bonds is 4. The average molecular weight is 374 g/mol. The van der Waals surface area contributed by atoms with Crippen molar-refractivity contribution in [3.8, 4) is 0 Å². The number of hydrogen-bond donors (Lipinski definition) is 1. The molecular formula is C23H19FN2O2. The lowest BCUT2D eigenvalue weighted by Gasteiger charge is -2.18. The van der Waals surface area contributed by atoms with E-state index in [1.165, 1.54) is 24.3 Å². The van der Waals surface area contributed by atoms with Gasteiger partial charge in [-0.1, -0.05) is 30.3 Å². The van der Waals surface area contributed by atoms with Gasteiger partial charge >= 0.3 is 0 Å². The second-order valence-electron chi connectivity index (χ2n) is 6.73. The predicted octanol–water partition coefficient (Wildman–Crippen LogP) is 3.96. The van der Waals surface area contributed by atoms with Gasteiger partial charge in [0.25, 0.3) is 11.8 Å². The van der Waals surface area contributed by atoms with Crippen LogP contribution in [0.4, 0.5) is 10.1 Å². The van der Waals surface area contributed by atoms with E-state index in [0.717, 1.165) is 23.2 Å². The number of benzene rings is 3. The van der Waals surface area contributed by atoms with E-state index in [9.17, 15) is 14.0 Å². The number of hydrogen-bond acceptors (Lipinski definition) is 2. The van der Waals surface area contributed by atoms with Gasteiger partial charge in [0.2, 0.25) is 0 Å². The molecule has 0 unspecified atom stereocenters. The second-order valence-corrected chi connectivity index (χ2v) is 6.73. The first kappa shape index (κ1) is 17.9. The summed E-state index contributed by atoms with van der Waals surface area (Å²) < 4.78 is 13.1. The van der Waals surface area contributed by atoms with Gasteiger partial charge in [-0.25, -0.2) is 4.39 Å². The predicted molar refractivity (Wildman–Crippen MR) is 106 cm³/mol. The summed E-state index contributed by atoms with van der Waals surface area (Å²) in [6.45, 7) is 1.01. The van der Waals surface area contributed by atoms with Crippen molar-refractivity contribution in [3.05, 3.63) is 101 Å². The molecule has 1 heterocycles. The van der Waals surface area contributed by atoms with E-state index in [2.05, 4.69) is 5.32 Å². The average Bonchev–Trinajstić information content (AvgIpc) is 3.16. The number of halogens is 1. The van der Waals surface area contributed by atoms with E-state index in [1.807, 2.05) is 36.4 Å². The molecule has 1 aliphatic heterocycles. The standard InChI is InChI=1S/C23H19FN2O2/c24-20-9-7-18(8-10-20)23(28)26-13-12-19-14-16(6-11-21(19)26)15-25-22(27)17-4-2-1-3-5-17/h1-11,14H,12-13,15H2,(H,25,27). The minimum Gasteiger partial charge on any atom is -0.348 e. The Morgan fingerprint density at radius 1 is 0.929 bits per heavy atom. The molecule has 28 heavy (non-hydrogen) atoms. The van der Waals surface area contributed by atoms with Crippen LogP contribution in [0.2, 0.25) is 0 Å². The molecule has 1 N–H and O–H groups in total. The molecule has 2 amide bonds. The Hall–Kier alpha value is -3.47.